The Hall–Kier alpha value is -2.38. The monoisotopic (exact) mass is 387 g/mol. The zero-order valence-electron chi connectivity index (χ0n) is 15.1. The summed E-state index contributed by atoms with van der Waals surface area (Å²) in [7, 11) is 1.86. The molecular weight excluding hydrogens is 366 g/mol. The molecule has 3 atom stereocenters. The minimum atomic E-state index is -0.494. The highest BCUT2D eigenvalue weighted by atomic mass is 35.5. The Morgan fingerprint density at radius 3 is 2.96 bits per heavy atom. The highest BCUT2D eigenvalue weighted by Gasteiger charge is 2.39. The van der Waals surface area contributed by atoms with Crippen LogP contribution in [-0.2, 0) is 16.6 Å². The number of anilines is 1. The lowest BCUT2D eigenvalue weighted by Crippen LogP contribution is -2.45. The number of rotatable bonds is 4. The highest BCUT2D eigenvalue weighted by Crippen LogP contribution is 2.29. The number of carbonyl (C=O) groups excluding carboxylic acids is 2. The van der Waals surface area contributed by atoms with Gasteiger partial charge in [0.1, 0.15) is 6.04 Å². The van der Waals surface area contributed by atoms with E-state index in [1.807, 2.05) is 25.4 Å². The lowest BCUT2D eigenvalue weighted by atomic mass is 9.90. The molecule has 0 saturated carbocycles. The van der Waals surface area contributed by atoms with Gasteiger partial charge in [0.05, 0.1) is 12.1 Å². The molecule has 3 heterocycles. The highest BCUT2D eigenvalue weighted by molar-refractivity contribution is 6.31. The van der Waals surface area contributed by atoms with E-state index in [-0.39, 0.29) is 23.7 Å². The Morgan fingerprint density at radius 1 is 1.37 bits per heavy atom. The van der Waals surface area contributed by atoms with Crippen LogP contribution in [0.4, 0.5) is 5.69 Å². The van der Waals surface area contributed by atoms with E-state index in [4.69, 9.17) is 11.6 Å². The molecule has 0 spiro atoms. The first-order valence-corrected chi connectivity index (χ1v) is 9.47. The van der Waals surface area contributed by atoms with Gasteiger partial charge in [-0.25, -0.2) is 0 Å². The molecule has 7 nitrogen and oxygen atoms in total. The maximum Gasteiger partial charge on any atom is 0.249 e. The van der Waals surface area contributed by atoms with Crippen LogP contribution in [0.25, 0.3) is 0 Å². The van der Waals surface area contributed by atoms with Gasteiger partial charge in [0.15, 0.2) is 0 Å². The second kappa shape index (κ2) is 7.32. The summed E-state index contributed by atoms with van der Waals surface area (Å²) in [5.74, 6) is -0.309. The summed E-state index contributed by atoms with van der Waals surface area (Å²) < 4.78 is 1.74. The predicted octanol–water partition coefficient (Wildman–Crippen LogP) is 1.30. The van der Waals surface area contributed by atoms with E-state index in [1.54, 1.807) is 27.9 Å². The van der Waals surface area contributed by atoms with Crippen LogP contribution in [-0.4, -0.2) is 47.3 Å². The van der Waals surface area contributed by atoms with E-state index in [2.05, 4.69) is 15.7 Å². The first kappa shape index (κ1) is 18.0. The van der Waals surface area contributed by atoms with Crippen molar-refractivity contribution in [3.63, 3.8) is 0 Å². The van der Waals surface area contributed by atoms with Crippen LogP contribution < -0.4 is 15.5 Å². The summed E-state index contributed by atoms with van der Waals surface area (Å²) in [5.41, 5.74) is 1.81. The second-order valence-corrected chi connectivity index (χ2v) is 7.57. The zero-order valence-corrected chi connectivity index (χ0v) is 15.8. The number of nitrogens with zero attached hydrogens (tertiary/aromatic N) is 3. The average Bonchev–Trinajstić information content (AvgIpc) is 3.36. The molecule has 1 aromatic carbocycles. The lowest BCUT2D eigenvalue weighted by molar-refractivity contribution is -0.129. The van der Waals surface area contributed by atoms with E-state index < -0.39 is 6.04 Å². The van der Waals surface area contributed by atoms with Crippen LogP contribution in [0.1, 0.15) is 17.9 Å². The number of amides is 2. The first-order chi connectivity index (χ1) is 13.0. The van der Waals surface area contributed by atoms with Crippen molar-refractivity contribution < 1.29 is 9.59 Å². The van der Waals surface area contributed by atoms with Crippen LogP contribution in [0.2, 0.25) is 5.02 Å². The molecule has 2 N–H and O–H groups in total. The Morgan fingerprint density at radius 2 is 2.22 bits per heavy atom. The molecular formula is C19H22ClN5O2. The summed E-state index contributed by atoms with van der Waals surface area (Å²) in [6, 6.07) is 6.72. The number of halogens is 1. The quantitative estimate of drug-likeness (QED) is 0.828. The standard InChI is InChI=1S/C19H22ClN5O2/c1-24-11-12(8-22-24)15-9-21-10-16(15)18(26)23-17-5-6-25(19(17)27)14-4-2-3-13(20)7-14/h2-4,7-8,11,15-17,21H,5-6,9-10H2,1H3,(H,23,26)/t15-,16+,17?/m1/s1. The molecule has 0 bridgehead atoms. The molecule has 142 valence electrons. The SMILES string of the molecule is Cn1cc([C@H]2CNC[C@@H]2C(=O)NC2CCN(c3cccc(Cl)c3)C2=O)cn1. The van der Waals surface area contributed by atoms with Crippen molar-refractivity contribution in [3.05, 3.63) is 47.2 Å². The first-order valence-electron chi connectivity index (χ1n) is 9.09. The van der Waals surface area contributed by atoms with Crippen molar-refractivity contribution in [2.75, 3.05) is 24.5 Å². The molecule has 4 rings (SSSR count). The maximum absolute atomic E-state index is 12.9. The number of nitrogens with one attached hydrogen (secondary N) is 2. The molecule has 27 heavy (non-hydrogen) atoms. The average molecular weight is 388 g/mol. The third kappa shape index (κ3) is 3.57. The topological polar surface area (TPSA) is 79.3 Å². The van der Waals surface area contributed by atoms with Gasteiger partial charge in [-0.15, -0.1) is 0 Å². The van der Waals surface area contributed by atoms with E-state index >= 15 is 0 Å². The Kier molecular flexibility index (Phi) is 4.88. The van der Waals surface area contributed by atoms with Crippen molar-refractivity contribution >= 4 is 29.1 Å². The molecule has 2 aromatic rings. The third-order valence-corrected chi connectivity index (χ3v) is 5.58. The number of hydrogen-bond acceptors (Lipinski definition) is 4. The molecule has 8 heteroatoms. The fraction of sp³-hybridized carbons (Fsp3) is 0.421. The minimum Gasteiger partial charge on any atom is -0.344 e. The second-order valence-electron chi connectivity index (χ2n) is 7.14. The van der Waals surface area contributed by atoms with Gasteiger partial charge in [-0.1, -0.05) is 17.7 Å². The fourth-order valence-corrected chi connectivity index (χ4v) is 4.11. The Labute approximate surface area is 162 Å². The van der Waals surface area contributed by atoms with Crippen molar-refractivity contribution in [3.8, 4) is 0 Å². The largest absolute Gasteiger partial charge is 0.344 e. The molecule has 1 unspecified atom stereocenters. The molecule has 0 radical (unpaired) electrons. The molecule has 2 amide bonds. The van der Waals surface area contributed by atoms with Crippen LogP contribution in [0.5, 0.6) is 0 Å². The molecule has 2 fully saturated rings. The molecule has 1 aromatic heterocycles. The summed E-state index contributed by atoms with van der Waals surface area (Å²) in [5, 5.41) is 11.0. The van der Waals surface area contributed by atoms with Crippen molar-refractivity contribution in [1.29, 1.82) is 0 Å². The number of aromatic nitrogens is 2. The van der Waals surface area contributed by atoms with Gasteiger partial charge in [0.25, 0.3) is 0 Å². The minimum absolute atomic E-state index is 0.0687. The van der Waals surface area contributed by atoms with Gasteiger partial charge in [0, 0.05) is 49.5 Å². The third-order valence-electron chi connectivity index (χ3n) is 5.35. The molecule has 2 saturated heterocycles. The number of carbonyl (C=O) groups is 2. The molecule has 2 aliphatic heterocycles. The maximum atomic E-state index is 12.9. The van der Waals surface area contributed by atoms with Gasteiger partial charge >= 0.3 is 0 Å². The Bertz CT molecular complexity index is 867. The van der Waals surface area contributed by atoms with E-state index in [1.165, 1.54) is 0 Å². The van der Waals surface area contributed by atoms with E-state index in [0.717, 1.165) is 17.8 Å². The summed E-state index contributed by atoms with van der Waals surface area (Å²) in [6.07, 6.45) is 4.34. The summed E-state index contributed by atoms with van der Waals surface area (Å²) in [6.45, 7) is 1.90. The fourth-order valence-electron chi connectivity index (χ4n) is 3.93. The van der Waals surface area contributed by atoms with Crippen LogP contribution in [0.3, 0.4) is 0 Å². The van der Waals surface area contributed by atoms with Crippen molar-refractivity contribution in [2.45, 2.75) is 18.4 Å². The van der Waals surface area contributed by atoms with Crippen LogP contribution in [0, 0.1) is 5.92 Å². The number of aryl methyl sites for hydroxylation is 1. The van der Waals surface area contributed by atoms with Crippen molar-refractivity contribution in [1.82, 2.24) is 20.4 Å². The number of hydrogen-bond donors (Lipinski definition) is 2. The van der Waals surface area contributed by atoms with E-state index in [9.17, 15) is 9.59 Å². The summed E-state index contributed by atoms with van der Waals surface area (Å²) >= 11 is 6.03. The predicted molar refractivity (Wildman–Crippen MR) is 103 cm³/mol. The van der Waals surface area contributed by atoms with Gasteiger partial charge in [-0.05, 0) is 30.2 Å². The molecule has 2 aliphatic rings. The van der Waals surface area contributed by atoms with E-state index in [0.29, 0.717) is 24.5 Å². The zero-order chi connectivity index (χ0) is 19.0. The van der Waals surface area contributed by atoms with Gasteiger partial charge in [-0.2, -0.15) is 5.10 Å². The van der Waals surface area contributed by atoms with Crippen LogP contribution >= 0.6 is 11.6 Å². The normalized spacial score (nSPS) is 25.2. The van der Waals surface area contributed by atoms with Crippen molar-refractivity contribution in [2.24, 2.45) is 13.0 Å². The van der Waals surface area contributed by atoms with Gasteiger partial charge in [0.2, 0.25) is 11.8 Å². The summed E-state index contributed by atoms with van der Waals surface area (Å²) in [4.78, 5) is 27.3. The lowest BCUT2D eigenvalue weighted by Gasteiger charge is -2.20. The van der Waals surface area contributed by atoms with Gasteiger partial charge < -0.3 is 15.5 Å². The Balaban J connectivity index is 1.43. The number of benzene rings is 1. The van der Waals surface area contributed by atoms with Gasteiger partial charge in [-0.3, -0.25) is 14.3 Å². The smallest absolute Gasteiger partial charge is 0.249 e. The molecule has 0 aliphatic carbocycles. The van der Waals surface area contributed by atoms with Crippen LogP contribution in [0.15, 0.2) is 36.7 Å².